The number of allylic oxidation sites excluding steroid dienone is 2. The van der Waals surface area contributed by atoms with Crippen molar-refractivity contribution in [1.82, 2.24) is 0 Å². The molecule has 0 unspecified atom stereocenters. The van der Waals surface area contributed by atoms with Crippen LogP contribution in [0.4, 0.5) is 0 Å². The summed E-state index contributed by atoms with van der Waals surface area (Å²) in [7, 11) is 0. The predicted molar refractivity (Wildman–Crippen MR) is 46.2 cm³/mol. The molecule has 3 aliphatic rings. The van der Waals surface area contributed by atoms with Gasteiger partial charge in [0.05, 0.1) is 0 Å². The van der Waals surface area contributed by atoms with E-state index in [1.54, 1.807) is 19.3 Å². The van der Waals surface area contributed by atoms with Gasteiger partial charge in [-0.15, -0.1) is 0 Å². The van der Waals surface area contributed by atoms with E-state index in [9.17, 15) is 0 Å². The first kappa shape index (κ1) is 6.28. The van der Waals surface area contributed by atoms with Gasteiger partial charge in [-0.25, -0.2) is 0 Å². The van der Waals surface area contributed by atoms with Crippen molar-refractivity contribution in [3.63, 3.8) is 0 Å². The maximum Gasteiger partial charge on any atom is -0.0317 e. The summed E-state index contributed by atoms with van der Waals surface area (Å²) in [6, 6.07) is 0. The van der Waals surface area contributed by atoms with E-state index in [1.807, 2.05) is 0 Å². The summed E-state index contributed by atoms with van der Waals surface area (Å²) in [6.45, 7) is 0. The SMILES string of the molecule is C1=CC[C@H]2[C@@H]3CC[C@H](C3)[C@@H]2C1. The standard InChI is InChI=1S/C11H16/c1-2-4-11-9-6-5-8(7-9)10(11)3-1/h1-2,8-11H,3-7H2/t8-,9-,10+,11+/m1/s1. The summed E-state index contributed by atoms with van der Waals surface area (Å²) in [5.74, 6) is 4.49. The molecule has 60 valence electrons. The first-order chi connectivity index (χ1) is 5.45. The smallest absolute Gasteiger partial charge is 0.0317 e. The van der Waals surface area contributed by atoms with Crippen molar-refractivity contribution in [2.45, 2.75) is 32.1 Å². The normalized spacial score (nSPS) is 53.1. The van der Waals surface area contributed by atoms with Crippen molar-refractivity contribution in [3.8, 4) is 0 Å². The fourth-order valence-corrected chi connectivity index (χ4v) is 3.77. The van der Waals surface area contributed by atoms with Crippen LogP contribution in [-0.2, 0) is 0 Å². The molecule has 4 atom stereocenters. The van der Waals surface area contributed by atoms with Crippen molar-refractivity contribution in [3.05, 3.63) is 12.2 Å². The largest absolute Gasteiger partial charge is 0.0882 e. The molecule has 0 amide bonds. The molecule has 2 saturated carbocycles. The highest BCUT2D eigenvalue weighted by atomic mass is 14.5. The van der Waals surface area contributed by atoms with Crippen LogP contribution in [-0.4, -0.2) is 0 Å². The fourth-order valence-electron chi connectivity index (χ4n) is 3.77. The Kier molecular flexibility index (Phi) is 1.21. The van der Waals surface area contributed by atoms with Gasteiger partial charge in [0.25, 0.3) is 0 Å². The average Bonchev–Trinajstić information content (AvgIpc) is 2.64. The molecule has 11 heavy (non-hydrogen) atoms. The van der Waals surface area contributed by atoms with Gasteiger partial charge in [-0.05, 0) is 55.8 Å². The second kappa shape index (κ2) is 2.12. The highest BCUT2D eigenvalue weighted by Crippen LogP contribution is 2.55. The topological polar surface area (TPSA) is 0 Å². The highest BCUT2D eigenvalue weighted by molar-refractivity contribution is 5.05. The van der Waals surface area contributed by atoms with E-state index in [4.69, 9.17) is 0 Å². The van der Waals surface area contributed by atoms with Crippen molar-refractivity contribution in [1.29, 1.82) is 0 Å². The van der Waals surface area contributed by atoms with Gasteiger partial charge in [0.15, 0.2) is 0 Å². The van der Waals surface area contributed by atoms with Crippen LogP contribution in [0.5, 0.6) is 0 Å². The minimum Gasteiger partial charge on any atom is -0.0882 e. The molecular weight excluding hydrogens is 132 g/mol. The molecule has 0 heteroatoms. The third-order valence-electron chi connectivity index (χ3n) is 4.26. The summed E-state index contributed by atoms with van der Waals surface area (Å²) < 4.78 is 0. The Balaban J connectivity index is 1.91. The third-order valence-corrected chi connectivity index (χ3v) is 4.26. The predicted octanol–water partition coefficient (Wildman–Crippen LogP) is 3.00. The van der Waals surface area contributed by atoms with E-state index in [1.165, 1.54) is 12.8 Å². The van der Waals surface area contributed by atoms with Gasteiger partial charge in [-0.1, -0.05) is 12.2 Å². The maximum atomic E-state index is 2.42. The monoisotopic (exact) mass is 148 g/mol. The van der Waals surface area contributed by atoms with Crippen LogP contribution in [0, 0.1) is 23.7 Å². The number of hydrogen-bond donors (Lipinski definition) is 0. The molecule has 0 aromatic heterocycles. The lowest BCUT2D eigenvalue weighted by Crippen LogP contribution is -2.23. The van der Waals surface area contributed by atoms with Gasteiger partial charge >= 0.3 is 0 Å². The third kappa shape index (κ3) is 0.758. The first-order valence-electron chi connectivity index (χ1n) is 5.10. The van der Waals surface area contributed by atoms with E-state index in [0.717, 1.165) is 23.7 Å². The van der Waals surface area contributed by atoms with Gasteiger partial charge < -0.3 is 0 Å². The van der Waals surface area contributed by atoms with Crippen LogP contribution in [0.2, 0.25) is 0 Å². The molecule has 0 nitrogen and oxygen atoms in total. The molecule has 2 bridgehead atoms. The van der Waals surface area contributed by atoms with Gasteiger partial charge in [0, 0.05) is 0 Å². The van der Waals surface area contributed by atoms with E-state index in [2.05, 4.69) is 12.2 Å². The van der Waals surface area contributed by atoms with E-state index >= 15 is 0 Å². The van der Waals surface area contributed by atoms with Crippen LogP contribution >= 0.6 is 0 Å². The summed E-state index contributed by atoms with van der Waals surface area (Å²) in [6.07, 6.45) is 12.3. The summed E-state index contributed by atoms with van der Waals surface area (Å²) in [4.78, 5) is 0. The van der Waals surface area contributed by atoms with Crippen molar-refractivity contribution >= 4 is 0 Å². The molecule has 0 aromatic rings. The Morgan fingerprint density at radius 3 is 1.91 bits per heavy atom. The van der Waals surface area contributed by atoms with E-state index in [-0.39, 0.29) is 0 Å². The number of hydrogen-bond acceptors (Lipinski definition) is 0. The Morgan fingerprint density at radius 1 is 0.818 bits per heavy atom. The first-order valence-corrected chi connectivity index (χ1v) is 5.10. The van der Waals surface area contributed by atoms with Crippen molar-refractivity contribution in [2.24, 2.45) is 23.7 Å². The molecule has 0 spiro atoms. The quantitative estimate of drug-likeness (QED) is 0.463. The van der Waals surface area contributed by atoms with Crippen LogP contribution < -0.4 is 0 Å². The Morgan fingerprint density at radius 2 is 1.36 bits per heavy atom. The van der Waals surface area contributed by atoms with Crippen LogP contribution in [0.25, 0.3) is 0 Å². The minimum atomic E-state index is 1.11. The van der Waals surface area contributed by atoms with E-state index < -0.39 is 0 Å². The molecular formula is C11H16. The second-order valence-corrected chi connectivity index (χ2v) is 4.60. The summed E-state index contributed by atoms with van der Waals surface area (Å²) >= 11 is 0. The van der Waals surface area contributed by atoms with Crippen LogP contribution in [0.15, 0.2) is 12.2 Å². The molecule has 3 rings (SSSR count). The molecule has 0 aliphatic heterocycles. The van der Waals surface area contributed by atoms with Gasteiger partial charge in [-0.2, -0.15) is 0 Å². The molecule has 0 heterocycles. The molecule has 2 fully saturated rings. The maximum absolute atomic E-state index is 2.42. The zero-order chi connectivity index (χ0) is 7.26. The van der Waals surface area contributed by atoms with Gasteiger partial charge in [0.1, 0.15) is 0 Å². The Bertz CT molecular complexity index is 172. The lowest BCUT2D eigenvalue weighted by atomic mass is 9.73. The van der Waals surface area contributed by atoms with Gasteiger partial charge in [0.2, 0.25) is 0 Å². The fraction of sp³-hybridized carbons (Fsp3) is 0.818. The van der Waals surface area contributed by atoms with Crippen LogP contribution in [0.3, 0.4) is 0 Å². The van der Waals surface area contributed by atoms with E-state index in [0.29, 0.717) is 0 Å². The second-order valence-electron chi connectivity index (χ2n) is 4.60. The molecule has 0 saturated heterocycles. The lowest BCUT2D eigenvalue weighted by molar-refractivity contribution is 0.216. The molecule has 0 N–H and O–H groups in total. The molecule has 0 radical (unpaired) electrons. The Labute approximate surface area is 68.7 Å². The zero-order valence-corrected chi connectivity index (χ0v) is 7.00. The summed E-state index contributed by atoms with van der Waals surface area (Å²) in [5.41, 5.74) is 0. The van der Waals surface area contributed by atoms with Crippen molar-refractivity contribution < 1.29 is 0 Å². The minimum absolute atomic E-state index is 1.11. The molecule has 0 aromatic carbocycles. The summed E-state index contributed by atoms with van der Waals surface area (Å²) in [5, 5.41) is 0. The lowest BCUT2D eigenvalue weighted by Gasteiger charge is -2.32. The molecule has 3 aliphatic carbocycles. The highest BCUT2D eigenvalue weighted by Gasteiger charge is 2.46. The van der Waals surface area contributed by atoms with Crippen LogP contribution in [0.1, 0.15) is 32.1 Å². The zero-order valence-electron chi connectivity index (χ0n) is 7.00. The number of fused-ring (bicyclic) bond motifs is 5. The average molecular weight is 148 g/mol. The van der Waals surface area contributed by atoms with Gasteiger partial charge in [-0.3, -0.25) is 0 Å². The Hall–Kier alpha value is -0.260. The van der Waals surface area contributed by atoms with Crippen molar-refractivity contribution in [2.75, 3.05) is 0 Å². The number of rotatable bonds is 0.